The number of benzene rings is 2. The van der Waals surface area contributed by atoms with Crippen LogP contribution in [0.2, 0.25) is 5.02 Å². The number of hydrogen-bond donors (Lipinski definition) is 2. The van der Waals surface area contributed by atoms with Crippen LogP contribution in [0.4, 0.5) is 4.39 Å². The molecule has 0 aliphatic heterocycles. The van der Waals surface area contributed by atoms with E-state index in [2.05, 4.69) is 5.32 Å². The Balaban J connectivity index is 1.88. The molecule has 0 spiro atoms. The van der Waals surface area contributed by atoms with Gasteiger partial charge in [0.1, 0.15) is 11.4 Å². The van der Waals surface area contributed by atoms with E-state index in [1.807, 2.05) is 6.07 Å². The lowest BCUT2D eigenvalue weighted by Gasteiger charge is -2.16. The van der Waals surface area contributed by atoms with Gasteiger partial charge in [-0.2, -0.15) is 0 Å². The second-order valence-electron chi connectivity index (χ2n) is 5.49. The van der Waals surface area contributed by atoms with Gasteiger partial charge in [-0.25, -0.2) is 9.18 Å². The molecular formula is C17H13ClFNO3. The summed E-state index contributed by atoms with van der Waals surface area (Å²) in [6.45, 7) is 0. The molecule has 0 heterocycles. The summed E-state index contributed by atoms with van der Waals surface area (Å²) >= 11 is 5.86. The third-order valence-electron chi connectivity index (χ3n) is 4.07. The Morgan fingerprint density at radius 2 is 1.87 bits per heavy atom. The Labute approximate surface area is 136 Å². The van der Waals surface area contributed by atoms with E-state index >= 15 is 0 Å². The third kappa shape index (κ3) is 2.68. The van der Waals surface area contributed by atoms with Crippen molar-refractivity contribution < 1.29 is 19.1 Å². The van der Waals surface area contributed by atoms with Crippen molar-refractivity contribution in [3.05, 3.63) is 70.5 Å². The maximum absolute atomic E-state index is 13.8. The van der Waals surface area contributed by atoms with Crippen LogP contribution in [0.3, 0.4) is 0 Å². The smallest absolute Gasteiger partial charge is 0.330 e. The molecule has 0 bridgehead atoms. The van der Waals surface area contributed by atoms with Crippen LogP contribution in [0.25, 0.3) is 0 Å². The Morgan fingerprint density at radius 1 is 1.17 bits per heavy atom. The van der Waals surface area contributed by atoms with Crippen molar-refractivity contribution in [3.8, 4) is 0 Å². The highest BCUT2D eigenvalue weighted by molar-refractivity contribution is 6.34. The van der Waals surface area contributed by atoms with Gasteiger partial charge in [-0.3, -0.25) is 4.79 Å². The van der Waals surface area contributed by atoms with Crippen LogP contribution in [0.15, 0.2) is 48.5 Å². The molecule has 4 nitrogen and oxygen atoms in total. The number of nitrogens with one attached hydrogen (secondary N) is 1. The number of amides is 1. The zero-order valence-corrected chi connectivity index (χ0v) is 12.7. The number of carbonyl (C=O) groups is 2. The summed E-state index contributed by atoms with van der Waals surface area (Å²) < 4.78 is 13.8. The highest BCUT2D eigenvalue weighted by atomic mass is 35.5. The molecule has 1 saturated carbocycles. The number of hydrogen-bond acceptors (Lipinski definition) is 2. The van der Waals surface area contributed by atoms with E-state index in [9.17, 15) is 19.1 Å². The van der Waals surface area contributed by atoms with Gasteiger partial charge in [-0.1, -0.05) is 48.0 Å². The number of halogens is 2. The number of aliphatic carboxylic acids is 1. The Hall–Kier alpha value is -2.40. The molecule has 1 fully saturated rings. The van der Waals surface area contributed by atoms with E-state index in [-0.39, 0.29) is 22.9 Å². The minimum Gasteiger partial charge on any atom is -0.479 e. The first-order chi connectivity index (χ1) is 11.0. The van der Waals surface area contributed by atoms with E-state index in [0.717, 1.165) is 11.6 Å². The monoisotopic (exact) mass is 333 g/mol. The topological polar surface area (TPSA) is 66.4 Å². The van der Waals surface area contributed by atoms with Crippen molar-refractivity contribution in [1.29, 1.82) is 0 Å². The van der Waals surface area contributed by atoms with E-state index in [1.165, 1.54) is 12.1 Å². The normalized spacial score (nSPS) is 22.4. The van der Waals surface area contributed by atoms with Gasteiger partial charge in [0, 0.05) is 5.92 Å². The highest BCUT2D eigenvalue weighted by Gasteiger charge is 2.62. The van der Waals surface area contributed by atoms with Gasteiger partial charge >= 0.3 is 5.97 Å². The molecule has 6 heteroatoms. The molecular weight excluding hydrogens is 321 g/mol. The lowest BCUT2D eigenvalue weighted by molar-refractivity contribution is -0.140. The van der Waals surface area contributed by atoms with E-state index in [1.54, 1.807) is 24.3 Å². The Bertz CT molecular complexity index is 760. The largest absolute Gasteiger partial charge is 0.479 e. The first-order valence-electron chi connectivity index (χ1n) is 7.00. The standard InChI is InChI=1S/C17H13ClFNO3/c18-12-7-4-8-13(19)14(12)15(21)20-17(16(22)23)9-11(17)10-5-2-1-3-6-10/h1-8,11H,9H2,(H,20,21)(H,22,23). The van der Waals surface area contributed by atoms with Crippen LogP contribution in [-0.2, 0) is 4.79 Å². The summed E-state index contributed by atoms with van der Waals surface area (Å²) in [7, 11) is 0. The molecule has 2 N–H and O–H groups in total. The van der Waals surface area contributed by atoms with E-state index in [0.29, 0.717) is 0 Å². The summed E-state index contributed by atoms with van der Waals surface area (Å²) in [4.78, 5) is 24.0. The summed E-state index contributed by atoms with van der Waals surface area (Å²) in [5, 5.41) is 11.9. The fourth-order valence-electron chi connectivity index (χ4n) is 2.76. The maximum Gasteiger partial charge on any atom is 0.330 e. The van der Waals surface area contributed by atoms with Gasteiger partial charge in [0.05, 0.1) is 10.6 Å². The minimum atomic E-state index is -1.43. The molecule has 1 aliphatic carbocycles. The van der Waals surface area contributed by atoms with Crippen molar-refractivity contribution >= 4 is 23.5 Å². The Morgan fingerprint density at radius 3 is 2.48 bits per heavy atom. The first-order valence-corrected chi connectivity index (χ1v) is 7.38. The van der Waals surface area contributed by atoms with Crippen LogP contribution in [0, 0.1) is 5.82 Å². The lowest BCUT2D eigenvalue weighted by atomic mass is 10.1. The summed E-state index contributed by atoms with van der Waals surface area (Å²) in [6, 6.07) is 12.9. The first kappa shape index (κ1) is 15.5. The van der Waals surface area contributed by atoms with Crippen LogP contribution in [0.1, 0.15) is 28.3 Å². The molecule has 2 atom stereocenters. The average Bonchev–Trinajstić information content (AvgIpc) is 3.23. The third-order valence-corrected chi connectivity index (χ3v) is 4.39. The zero-order chi connectivity index (χ0) is 16.6. The molecule has 118 valence electrons. The lowest BCUT2D eigenvalue weighted by Crippen LogP contribution is -2.45. The minimum absolute atomic E-state index is 0.0556. The number of carbonyl (C=O) groups excluding carboxylic acids is 1. The van der Waals surface area contributed by atoms with E-state index in [4.69, 9.17) is 11.6 Å². The quantitative estimate of drug-likeness (QED) is 0.902. The molecule has 1 amide bonds. The van der Waals surface area contributed by atoms with Crippen molar-refractivity contribution in [2.45, 2.75) is 17.9 Å². The summed E-state index contributed by atoms with van der Waals surface area (Å²) in [5.41, 5.74) is -0.951. The molecule has 0 aromatic heterocycles. The molecule has 0 saturated heterocycles. The van der Waals surface area contributed by atoms with Crippen LogP contribution in [0.5, 0.6) is 0 Å². The van der Waals surface area contributed by atoms with E-state index < -0.39 is 23.2 Å². The molecule has 2 aromatic rings. The number of carboxylic acids is 1. The van der Waals surface area contributed by atoms with Gasteiger partial charge in [0.25, 0.3) is 5.91 Å². The summed E-state index contributed by atoms with van der Waals surface area (Å²) in [5.74, 6) is -3.11. The SMILES string of the molecule is O=C(NC1(C(=O)O)CC1c1ccccc1)c1c(F)cccc1Cl. The van der Waals surface area contributed by atoms with Crippen molar-refractivity contribution in [2.75, 3.05) is 0 Å². The zero-order valence-electron chi connectivity index (χ0n) is 11.9. The van der Waals surface area contributed by atoms with Crippen LogP contribution < -0.4 is 5.32 Å². The second-order valence-corrected chi connectivity index (χ2v) is 5.90. The second kappa shape index (κ2) is 5.66. The predicted octanol–water partition coefficient (Wildman–Crippen LogP) is 3.22. The van der Waals surface area contributed by atoms with Crippen molar-refractivity contribution in [1.82, 2.24) is 5.32 Å². The van der Waals surface area contributed by atoms with Gasteiger partial charge in [-0.15, -0.1) is 0 Å². The highest BCUT2D eigenvalue weighted by Crippen LogP contribution is 2.51. The molecule has 2 unspecified atom stereocenters. The predicted molar refractivity (Wildman–Crippen MR) is 83.0 cm³/mol. The van der Waals surface area contributed by atoms with Gasteiger partial charge in [0.15, 0.2) is 0 Å². The average molecular weight is 334 g/mol. The van der Waals surface area contributed by atoms with Crippen molar-refractivity contribution in [2.24, 2.45) is 0 Å². The van der Waals surface area contributed by atoms with Crippen LogP contribution in [-0.4, -0.2) is 22.5 Å². The molecule has 2 aromatic carbocycles. The summed E-state index contributed by atoms with van der Waals surface area (Å²) in [6.07, 6.45) is 0.254. The molecule has 0 radical (unpaired) electrons. The fraction of sp³-hybridized carbons (Fsp3) is 0.176. The van der Waals surface area contributed by atoms with Gasteiger partial charge < -0.3 is 10.4 Å². The number of rotatable bonds is 4. The molecule has 3 rings (SSSR count). The van der Waals surface area contributed by atoms with Crippen molar-refractivity contribution in [3.63, 3.8) is 0 Å². The van der Waals surface area contributed by atoms with Gasteiger partial charge in [-0.05, 0) is 24.1 Å². The van der Waals surface area contributed by atoms with Gasteiger partial charge in [0.2, 0.25) is 0 Å². The molecule has 1 aliphatic rings. The molecule has 23 heavy (non-hydrogen) atoms. The Kier molecular flexibility index (Phi) is 3.82. The number of carboxylic acid groups (broad SMARTS) is 1. The van der Waals surface area contributed by atoms with Crippen LogP contribution >= 0.6 is 11.6 Å². The maximum atomic E-state index is 13.8. The fourth-order valence-corrected chi connectivity index (χ4v) is 3.01.